The Morgan fingerprint density at radius 2 is 1.84 bits per heavy atom. The Morgan fingerprint density at radius 3 is 2.53 bits per heavy atom. The van der Waals surface area contributed by atoms with Crippen molar-refractivity contribution in [3.63, 3.8) is 0 Å². The second-order valence-corrected chi connectivity index (χ2v) is 8.47. The lowest BCUT2D eigenvalue weighted by Gasteiger charge is -2.13. The molecule has 3 rings (SSSR count). The monoisotopic (exact) mass is 496 g/mol. The molecule has 0 bridgehead atoms. The van der Waals surface area contributed by atoms with Gasteiger partial charge in [-0.25, -0.2) is 0 Å². The zero-order valence-corrected chi connectivity index (χ0v) is 20.3. The zero-order chi connectivity index (χ0) is 23.3. The molecule has 3 aromatic rings. The fraction of sp³-hybridized carbons (Fsp3) is 0.286. The van der Waals surface area contributed by atoms with E-state index in [0.29, 0.717) is 38.2 Å². The molecule has 0 radical (unpaired) electrons. The van der Waals surface area contributed by atoms with Crippen LogP contribution in [0.25, 0.3) is 0 Å². The molecular formula is C21H22Cl2N4O4S. The second-order valence-electron chi connectivity index (χ2n) is 6.68. The van der Waals surface area contributed by atoms with Crippen LogP contribution >= 0.6 is 35.0 Å². The van der Waals surface area contributed by atoms with Crippen LogP contribution < -0.4 is 19.5 Å². The van der Waals surface area contributed by atoms with E-state index in [4.69, 9.17) is 37.4 Å². The number of anilines is 1. The maximum absolute atomic E-state index is 12.5. The third-order valence-corrected chi connectivity index (χ3v) is 6.05. The number of nitrogens with one attached hydrogen (secondary N) is 1. The van der Waals surface area contributed by atoms with Crippen LogP contribution in [-0.2, 0) is 18.4 Å². The number of thioether (sulfide) groups is 1. The van der Waals surface area contributed by atoms with Crippen LogP contribution in [0.1, 0.15) is 11.4 Å². The molecule has 0 unspecified atom stereocenters. The Bertz CT molecular complexity index is 1120. The van der Waals surface area contributed by atoms with E-state index in [2.05, 4.69) is 15.5 Å². The highest BCUT2D eigenvalue weighted by Crippen LogP contribution is 2.36. The summed E-state index contributed by atoms with van der Waals surface area (Å²) in [6.07, 6.45) is 0. The summed E-state index contributed by atoms with van der Waals surface area (Å²) in [4.78, 5) is 12.5. The lowest BCUT2D eigenvalue weighted by atomic mass is 10.2. The van der Waals surface area contributed by atoms with E-state index >= 15 is 0 Å². The number of methoxy groups -OCH3 is 2. The van der Waals surface area contributed by atoms with Gasteiger partial charge in [-0.3, -0.25) is 4.79 Å². The molecule has 0 aliphatic heterocycles. The van der Waals surface area contributed by atoms with Gasteiger partial charge in [0.1, 0.15) is 23.9 Å². The SMILES string of the molecule is COc1cc(NC(=O)CSc2nnc(COc3ccc(Cl)cc3C)n2C)c(OC)cc1Cl. The van der Waals surface area contributed by atoms with Crippen molar-refractivity contribution >= 4 is 46.6 Å². The molecule has 1 heterocycles. The largest absolute Gasteiger partial charge is 0.495 e. The van der Waals surface area contributed by atoms with Crippen molar-refractivity contribution < 1.29 is 19.0 Å². The van der Waals surface area contributed by atoms with Gasteiger partial charge in [0.25, 0.3) is 0 Å². The molecule has 2 aromatic carbocycles. The lowest BCUT2D eigenvalue weighted by Crippen LogP contribution is -2.15. The van der Waals surface area contributed by atoms with Crippen molar-refractivity contribution in [2.24, 2.45) is 7.05 Å². The highest BCUT2D eigenvalue weighted by atomic mass is 35.5. The fourth-order valence-electron chi connectivity index (χ4n) is 2.79. The zero-order valence-electron chi connectivity index (χ0n) is 17.9. The molecule has 32 heavy (non-hydrogen) atoms. The van der Waals surface area contributed by atoms with Gasteiger partial charge in [0.2, 0.25) is 5.91 Å². The maximum Gasteiger partial charge on any atom is 0.234 e. The Balaban J connectivity index is 1.59. The summed E-state index contributed by atoms with van der Waals surface area (Å²) in [5.41, 5.74) is 1.39. The van der Waals surface area contributed by atoms with E-state index in [1.54, 1.807) is 22.8 Å². The van der Waals surface area contributed by atoms with Crippen LogP contribution in [0.3, 0.4) is 0 Å². The van der Waals surface area contributed by atoms with E-state index in [9.17, 15) is 4.79 Å². The molecule has 0 fully saturated rings. The van der Waals surface area contributed by atoms with Gasteiger partial charge in [0, 0.05) is 24.2 Å². The summed E-state index contributed by atoms with van der Waals surface area (Å²) in [6.45, 7) is 2.16. The predicted octanol–water partition coefficient (Wildman–Crippen LogP) is 4.76. The number of rotatable bonds is 9. The van der Waals surface area contributed by atoms with Crippen LogP contribution in [0.5, 0.6) is 17.2 Å². The number of aromatic nitrogens is 3. The summed E-state index contributed by atoms with van der Waals surface area (Å²) in [5, 5.41) is 12.7. The highest BCUT2D eigenvalue weighted by molar-refractivity contribution is 7.99. The van der Waals surface area contributed by atoms with Crippen molar-refractivity contribution in [2.45, 2.75) is 18.7 Å². The van der Waals surface area contributed by atoms with Crippen molar-refractivity contribution in [1.82, 2.24) is 14.8 Å². The molecule has 8 nitrogen and oxygen atoms in total. The van der Waals surface area contributed by atoms with Crippen molar-refractivity contribution in [3.8, 4) is 17.2 Å². The predicted molar refractivity (Wildman–Crippen MR) is 125 cm³/mol. The van der Waals surface area contributed by atoms with E-state index in [0.717, 1.165) is 11.3 Å². The topological polar surface area (TPSA) is 87.5 Å². The average molecular weight is 497 g/mol. The van der Waals surface area contributed by atoms with Gasteiger partial charge in [-0.2, -0.15) is 0 Å². The average Bonchev–Trinajstić information content (AvgIpc) is 3.12. The molecule has 11 heteroatoms. The minimum atomic E-state index is -0.240. The highest BCUT2D eigenvalue weighted by Gasteiger charge is 2.15. The van der Waals surface area contributed by atoms with Crippen molar-refractivity contribution in [3.05, 3.63) is 51.8 Å². The van der Waals surface area contributed by atoms with Crippen molar-refractivity contribution in [1.29, 1.82) is 0 Å². The molecule has 0 spiro atoms. The number of carbonyl (C=O) groups is 1. The minimum absolute atomic E-state index is 0.122. The molecule has 1 amide bonds. The standard InChI is InChI=1S/C21H22Cl2N4O4S/c1-12-7-13(22)5-6-16(12)31-10-19-25-26-21(27(19)2)32-11-20(28)24-15-9-17(29-3)14(23)8-18(15)30-4/h5-9H,10-11H2,1-4H3,(H,24,28). The first-order valence-electron chi connectivity index (χ1n) is 9.43. The molecule has 1 aromatic heterocycles. The van der Waals surface area contributed by atoms with Gasteiger partial charge < -0.3 is 24.1 Å². The second kappa shape index (κ2) is 10.8. The molecule has 0 aliphatic rings. The first kappa shape index (κ1) is 24.0. The van der Waals surface area contributed by atoms with Gasteiger partial charge in [-0.1, -0.05) is 35.0 Å². The number of halogens is 2. The summed E-state index contributed by atoms with van der Waals surface area (Å²) in [6, 6.07) is 8.61. The van der Waals surface area contributed by atoms with Gasteiger partial charge in [0.05, 0.1) is 30.7 Å². The first-order chi connectivity index (χ1) is 15.3. The van der Waals surface area contributed by atoms with E-state index in [-0.39, 0.29) is 18.3 Å². The lowest BCUT2D eigenvalue weighted by molar-refractivity contribution is -0.113. The number of amides is 1. The Morgan fingerprint density at radius 1 is 1.09 bits per heavy atom. The number of hydrogen-bond donors (Lipinski definition) is 1. The number of benzene rings is 2. The fourth-order valence-corrected chi connectivity index (χ4v) is 3.98. The summed E-state index contributed by atoms with van der Waals surface area (Å²) in [5.74, 6) is 2.10. The molecule has 1 N–H and O–H groups in total. The van der Waals surface area contributed by atoms with Crippen LogP contribution in [0, 0.1) is 6.92 Å². The van der Waals surface area contributed by atoms with Gasteiger partial charge in [0.15, 0.2) is 11.0 Å². The number of nitrogens with zero attached hydrogens (tertiary/aromatic N) is 3. The van der Waals surface area contributed by atoms with Crippen LogP contribution in [0.15, 0.2) is 35.5 Å². The normalized spacial score (nSPS) is 10.7. The number of carbonyl (C=O) groups excluding carboxylic acids is 1. The quantitative estimate of drug-likeness (QED) is 0.427. The van der Waals surface area contributed by atoms with Gasteiger partial charge >= 0.3 is 0 Å². The number of aryl methyl sites for hydroxylation is 1. The van der Waals surface area contributed by atoms with Crippen molar-refractivity contribution in [2.75, 3.05) is 25.3 Å². The van der Waals surface area contributed by atoms with E-state index < -0.39 is 0 Å². The van der Waals surface area contributed by atoms with E-state index in [1.165, 1.54) is 26.0 Å². The number of hydrogen-bond acceptors (Lipinski definition) is 7. The van der Waals surface area contributed by atoms with E-state index in [1.807, 2.05) is 26.1 Å². The Hall–Kier alpha value is -2.62. The number of ether oxygens (including phenoxy) is 3. The molecule has 0 saturated carbocycles. The Kier molecular flexibility index (Phi) is 8.11. The molecule has 170 valence electrons. The van der Waals surface area contributed by atoms with Gasteiger partial charge in [-0.05, 0) is 30.7 Å². The van der Waals surface area contributed by atoms with Crippen LogP contribution in [0.2, 0.25) is 10.0 Å². The third-order valence-electron chi connectivity index (χ3n) is 4.50. The Labute approximate surface area is 200 Å². The summed E-state index contributed by atoms with van der Waals surface area (Å²) < 4.78 is 18.1. The smallest absolute Gasteiger partial charge is 0.234 e. The van der Waals surface area contributed by atoms with Crippen LogP contribution in [-0.4, -0.2) is 40.6 Å². The molecule has 0 atom stereocenters. The minimum Gasteiger partial charge on any atom is -0.495 e. The maximum atomic E-state index is 12.5. The summed E-state index contributed by atoms with van der Waals surface area (Å²) in [7, 11) is 4.82. The molecule has 0 aliphatic carbocycles. The molecule has 0 saturated heterocycles. The molecular weight excluding hydrogens is 475 g/mol. The summed E-state index contributed by atoms with van der Waals surface area (Å²) >= 11 is 13.3. The third kappa shape index (κ3) is 5.79. The van der Waals surface area contributed by atoms with Crippen LogP contribution in [0.4, 0.5) is 5.69 Å². The first-order valence-corrected chi connectivity index (χ1v) is 11.2. The van der Waals surface area contributed by atoms with Gasteiger partial charge in [-0.15, -0.1) is 10.2 Å².